The first-order valence-corrected chi connectivity index (χ1v) is 5.51. The van der Waals surface area contributed by atoms with E-state index in [0.717, 1.165) is 11.1 Å². The van der Waals surface area contributed by atoms with Crippen molar-refractivity contribution in [3.63, 3.8) is 0 Å². The Hall–Kier alpha value is -1.96. The van der Waals surface area contributed by atoms with E-state index in [1.54, 1.807) is 12.1 Å². The largest absolute Gasteiger partial charge is 0.508 e. The summed E-state index contributed by atoms with van der Waals surface area (Å²) in [6.07, 6.45) is 0. The zero-order chi connectivity index (χ0) is 12.8. The van der Waals surface area contributed by atoms with Gasteiger partial charge >= 0.3 is 0 Å². The van der Waals surface area contributed by atoms with Crippen LogP contribution < -0.4 is 0 Å². The molecule has 17 heavy (non-hydrogen) atoms. The van der Waals surface area contributed by atoms with E-state index in [0.29, 0.717) is 11.5 Å². The van der Waals surface area contributed by atoms with E-state index >= 15 is 0 Å². The summed E-state index contributed by atoms with van der Waals surface area (Å²) in [6.45, 7) is 5.77. The van der Waals surface area contributed by atoms with Crippen LogP contribution in [0.1, 0.15) is 16.7 Å². The highest BCUT2D eigenvalue weighted by atomic mass is 16.3. The van der Waals surface area contributed by atoms with Gasteiger partial charge in [0.1, 0.15) is 11.5 Å². The van der Waals surface area contributed by atoms with Gasteiger partial charge in [-0.1, -0.05) is 35.9 Å². The van der Waals surface area contributed by atoms with Gasteiger partial charge in [-0.15, -0.1) is 0 Å². The molecule has 0 aliphatic rings. The minimum atomic E-state index is 0.329. The Morgan fingerprint density at radius 1 is 0.706 bits per heavy atom. The molecule has 90 valence electrons. The third kappa shape index (κ3) is 4.19. The maximum absolute atomic E-state index is 9.21. The van der Waals surface area contributed by atoms with E-state index in [4.69, 9.17) is 5.11 Å². The molecular weight excluding hydrogens is 212 g/mol. The third-order valence-electron chi connectivity index (χ3n) is 2.47. The van der Waals surface area contributed by atoms with Crippen molar-refractivity contribution in [1.29, 1.82) is 0 Å². The second-order valence-corrected chi connectivity index (χ2v) is 4.08. The molecule has 2 heteroatoms. The average molecular weight is 230 g/mol. The first kappa shape index (κ1) is 13.1. The monoisotopic (exact) mass is 230 g/mol. The number of aromatic hydroxyl groups is 2. The quantitative estimate of drug-likeness (QED) is 0.724. The van der Waals surface area contributed by atoms with E-state index in [2.05, 4.69) is 0 Å². The van der Waals surface area contributed by atoms with Crippen molar-refractivity contribution in [2.45, 2.75) is 20.8 Å². The number of hydrogen-bond donors (Lipinski definition) is 2. The van der Waals surface area contributed by atoms with Gasteiger partial charge in [0.2, 0.25) is 0 Å². The Kier molecular flexibility index (Phi) is 4.58. The van der Waals surface area contributed by atoms with Gasteiger partial charge in [0, 0.05) is 0 Å². The number of para-hydroxylation sites is 1. The van der Waals surface area contributed by atoms with Crippen molar-refractivity contribution < 1.29 is 10.2 Å². The highest BCUT2D eigenvalue weighted by molar-refractivity contribution is 5.37. The molecule has 0 heterocycles. The zero-order valence-corrected chi connectivity index (χ0v) is 10.4. The van der Waals surface area contributed by atoms with Gasteiger partial charge in [0.15, 0.2) is 0 Å². The molecule has 2 nitrogen and oxygen atoms in total. The lowest BCUT2D eigenvalue weighted by Crippen LogP contribution is -1.76. The molecule has 0 bridgehead atoms. The standard InChI is InChI=1S/C8H10O.C7H8O/c1-6-4-3-5-7(2)8(6)9;1-6-2-4-7(8)5-3-6/h3-5,9H,1-2H3;2-5,8H,1H3. The van der Waals surface area contributed by atoms with Crippen LogP contribution in [0.2, 0.25) is 0 Å². The normalized spacial score (nSPS) is 9.35. The minimum absolute atomic E-state index is 0.329. The van der Waals surface area contributed by atoms with Crippen LogP contribution in [0.15, 0.2) is 42.5 Å². The second kappa shape index (κ2) is 5.94. The van der Waals surface area contributed by atoms with Crippen molar-refractivity contribution >= 4 is 0 Å². The average Bonchev–Trinajstić information content (AvgIpc) is 2.31. The van der Waals surface area contributed by atoms with E-state index in [1.807, 2.05) is 51.1 Å². The summed E-state index contributed by atoms with van der Waals surface area (Å²) in [6, 6.07) is 12.8. The molecule has 0 atom stereocenters. The highest BCUT2D eigenvalue weighted by Crippen LogP contribution is 2.19. The van der Waals surface area contributed by atoms with Crippen LogP contribution in [0.25, 0.3) is 0 Å². The molecule has 0 saturated heterocycles. The molecule has 0 aliphatic carbocycles. The second-order valence-electron chi connectivity index (χ2n) is 4.08. The first-order valence-electron chi connectivity index (χ1n) is 5.51. The van der Waals surface area contributed by atoms with Gasteiger partial charge in [-0.3, -0.25) is 0 Å². The summed E-state index contributed by atoms with van der Waals surface area (Å²) in [4.78, 5) is 0. The van der Waals surface area contributed by atoms with Crippen molar-refractivity contribution in [1.82, 2.24) is 0 Å². The van der Waals surface area contributed by atoms with Crippen LogP contribution in [-0.4, -0.2) is 10.2 Å². The fourth-order valence-corrected chi connectivity index (χ4v) is 1.35. The predicted octanol–water partition coefficient (Wildman–Crippen LogP) is 3.71. The molecule has 0 unspecified atom stereocenters. The van der Waals surface area contributed by atoms with Crippen LogP contribution in [0, 0.1) is 20.8 Å². The Morgan fingerprint density at radius 2 is 1.18 bits per heavy atom. The van der Waals surface area contributed by atoms with Gasteiger partial charge < -0.3 is 10.2 Å². The molecule has 0 spiro atoms. The molecule has 0 fully saturated rings. The smallest absolute Gasteiger partial charge is 0.121 e. The maximum atomic E-state index is 9.21. The van der Waals surface area contributed by atoms with Gasteiger partial charge in [0.05, 0.1) is 0 Å². The molecular formula is C15H18O2. The molecule has 2 N–H and O–H groups in total. The Balaban J connectivity index is 0.000000171. The Bertz CT molecular complexity index is 432. The third-order valence-corrected chi connectivity index (χ3v) is 2.47. The van der Waals surface area contributed by atoms with Crippen LogP contribution in [0.3, 0.4) is 0 Å². The maximum Gasteiger partial charge on any atom is 0.121 e. The van der Waals surface area contributed by atoms with Crippen molar-refractivity contribution in [3.8, 4) is 11.5 Å². The van der Waals surface area contributed by atoms with Crippen LogP contribution >= 0.6 is 0 Å². The van der Waals surface area contributed by atoms with E-state index < -0.39 is 0 Å². The highest BCUT2D eigenvalue weighted by Gasteiger charge is 1.95. The topological polar surface area (TPSA) is 40.5 Å². The van der Waals surface area contributed by atoms with Crippen LogP contribution in [0.4, 0.5) is 0 Å². The molecule has 2 rings (SSSR count). The lowest BCUT2D eigenvalue weighted by molar-refractivity contribution is 0.467. The van der Waals surface area contributed by atoms with Gasteiger partial charge in [-0.05, 0) is 44.0 Å². The summed E-state index contributed by atoms with van der Waals surface area (Å²) >= 11 is 0. The number of rotatable bonds is 0. The van der Waals surface area contributed by atoms with Gasteiger partial charge in [-0.25, -0.2) is 0 Å². The molecule has 2 aromatic carbocycles. The summed E-state index contributed by atoms with van der Waals surface area (Å²) in [5.41, 5.74) is 3.05. The Labute approximate surface area is 102 Å². The van der Waals surface area contributed by atoms with Gasteiger partial charge in [-0.2, -0.15) is 0 Å². The first-order chi connectivity index (χ1) is 8.00. The molecule has 0 amide bonds. The number of phenolic OH excluding ortho intramolecular Hbond substituents is 2. The molecule has 2 aromatic rings. The van der Waals surface area contributed by atoms with E-state index in [1.165, 1.54) is 5.56 Å². The molecule has 0 aliphatic heterocycles. The molecule has 0 radical (unpaired) electrons. The number of hydrogen-bond acceptors (Lipinski definition) is 2. The number of phenols is 2. The van der Waals surface area contributed by atoms with Crippen molar-refractivity contribution in [2.24, 2.45) is 0 Å². The minimum Gasteiger partial charge on any atom is -0.508 e. The van der Waals surface area contributed by atoms with E-state index in [9.17, 15) is 5.11 Å². The number of benzene rings is 2. The van der Waals surface area contributed by atoms with Crippen molar-refractivity contribution in [3.05, 3.63) is 59.2 Å². The SMILES string of the molecule is Cc1ccc(O)cc1.Cc1cccc(C)c1O. The fraction of sp³-hybridized carbons (Fsp3) is 0.200. The van der Waals surface area contributed by atoms with Crippen LogP contribution in [0.5, 0.6) is 11.5 Å². The summed E-state index contributed by atoms with van der Waals surface area (Å²) in [7, 11) is 0. The fourth-order valence-electron chi connectivity index (χ4n) is 1.35. The summed E-state index contributed by atoms with van der Waals surface area (Å²) in [5, 5.41) is 18.0. The summed E-state index contributed by atoms with van der Waals surface area (Å²) < 4.78 is 0. The number of aryl methyl sites for hydroxylation is 3. The Morgan fingerprint density at radius 3 is 1.53 bits per heavy atom. The van der Waals surface area contributed by atoms with Crippen molar-refractivity contribution in [2.75, 3.05) is 0 Å². The van der Waals surface area contributed by atoms with Gasteiger partial charge in [0.25, 0.3) is 0 Å². The van der Waals surface area contributed by atoms with Crippen LogP contribution in [-0.2, 0) is 0 Å². The molecule has 0 aromatic heterocycles. The zero-order valence-electron chi connectivity index (χ0n) is 10.4. The lowest BCUT2D eigenvalue weighted by atomic mass is 10.1. The molecule has 0 saturated carbocycles. The summed E-state index contributed by atoms with van der Waals surface area (Å²) in [5.74, 6) is 0.744. The van der Waals surface area contributed by atoms with E-state index in [-0.39, 0.29) is 0 Å². The lowest BCUT2D eigenvalue weighted by Gasteiger charge is -1.99. The predicted molar refractivity (Wildman–Crippen MR) is 70.4 cm³/mol.